The Balaban J connectivity index is 1.98. The van der Waals surface area contributed by atoms with Crippen LogP contribution in [0, 0.1) is 19.7 Å². The van der Waals surface area contributed by atoms with Crippen LogP contribution < -0.4 is 4.74 Å². The standard InChI is InChI=1S/C18H18FN3O/c1-4-9-22-13(3)12(2)16-10-20-21-18(17(16)22)23-11-14-5-7-15(19)8-6-14/h4-8,10H,1,9,11H2,2-3H3. The molecular formula is C18H18FN3O. The molecule has 4 nitrogen and oxygen atoms in total. The van der Waals surface area contributed by atoms with E-state index in [1.54, 1.807) is 18.3 Å². The van der Waals surface area contributed by atoms with E-state index in [0.717, 1.165) is 27.7 Å². The van der Waals surface area contributed by atoms with Gasteiger partial charge in [0.2, 0.25) is 0 Å². The van der Waals surface area contributed by atoms with Gasteiger partial charge in [0, 0.05) is 17.6 Å². The highest BCUT2D eigenvalue weighted by atomic mass is 19.1. The van der Waals surface area contributed by atoms with Gasteiger partial charge in [-0.1, -0.05) is 18.2 Å². The molecule has 0 radical (unpaired) electrons. The van der Waals surface area contributed by atoms with Gasteiger partial charge in [0.25, 0.3) is 5.88 Å². The Morgan fingerprint density at radius 3 is 2.70 bits per heavy atom. The van der Waals surface area contributed by atoms with Crippen LogP contribution in [0.5, 0.6) is 5.88 Å². The third-order valence-corrected chi connectivity index (χ3v) is 4.02. The molecule has 1 aromatic carbocycles. The van der Waals surface area contributed by atoms with Gasteiger partial charge in [-0.05, 0) is 37.1 Å². The summed E-state index contributed by atoms with van der Waals surface area (Å²) in [6.45, 7) is 8.91. The number of hydrogen-bond acceptors (Lipinski definition) is 3. The van der Waals surface area contributed by atoms with E-state index in [1.807, 2.05) is 6.08 Å². The summed E-state index contributed by atoms with van der Waals surface area (Å²) in [5.41, 5.74) is 4.09. The van der Waals surface area contributed by atoms with E-state index in [9.17, 15) is 4.39 Å². The van der Waals surface area contributed by atoms with Crippen LogP contribution in [0.25, 0.3) is 10.9 Å². The maximum atomic E-state index is 13.0. The van der Waals surface area contributed by atoms with Crippen molar-refractivity contribution < 1.29 is 9.13 Å². The van der Waals surface area contributed by atoms with Crippen LogP contribution in [0.1, 0.15) is 16.8 Å². The summed E-state index contributed by atoms with van der Waals surface area (Å²) in [6.07, 6.45) is 3.60. The fraction of sp³-hybridized carbons (Fsp3) is 0.222. The Hall–Kier alpha value is -2.69. The second-order valence-electron chi connectivity index (χ2n) is 5.44. The van der Waals surface area contributed by atoms with Crippen molar-refractivity contribution in [3.63, 3.8) is 0 Å². The molecule has 0 bridgehead atoms. The molecule has 118 valence electrons. The first-order chi connectivity index (χ1) is 11.1. The van der Waals surface area contributed by atoms with E-state index in [0.29, 0.717) is 19.0 Å². The molecule has 0 aliphatic carbocycles. The molecule has 3 rings (SSSR count). The van der Waals surface area contributed by atoms with Crippen LogP contribution in [0.15, 0.2) is 43.1 Å². The van der Waals surface area contributed by atoms with E-state index in [4.69, 9.17) is 4.74 Å². The zero-order valence-electron chi connectivity index (χ0n) is 13.2. The summed E-state index contributed by atoms with van der Waals surface area (Å²) in [5.74, 6) is 0.214. The van der Waals surface area contributed by atoms with Crippen LogP contribution in [-0.4, -0.2) is 14.8 Å². The number of allylic oxidation sites excluding steroid dienone is 1. The molecule has 0 aliphatic rings. The van der Waals surface area contributed by atoms with E-state index in [2.05, 4.69) is 35.2 Å². The lowest BCUT2D eigenvalue weighted by Crippen LogP contribution is -2.03. The Kier molecular flexibility index (Phi) is 4.10. The molecule has 0 N–H and O–H groups in total. The topological polar surface area (TPSA) is 39.9 Å². The van der Waals surface area contributed by atoms with Gasteiger partial charge in [-0.25, -0.2) is 4.39 Å². The van der Waals surface area contributed by atoms with Crippen LogP contribution in [0.2, 0.25) is 0 Å². The summed E-state index contributed by atoms with van der Waals surface area (Å²) in [5, 5.41) is 9.20. The van der Waals surface area contributed by atoms with Gasteiger partial charge in [0.05, 0.1) is 6.20 Å². The zero-order valence-corrected chi connectivity index (χ0v) is 13.2. The van der Waals surface area contributed by atoms with Gasteiger partial charge in [0.15, 0.2) is 0 Å². The highest BCUT2D eigenvalue weighted by Gasteiger charge is 2.16. The molecular weight excluding hydrogens is 293 g/mol. The fourth-order valence-electron chi connectivity index (χ4n) is 2.65. The van der Waals surface area contributed by atoms with Crippen molar-refractivity contribution in [2.75, 3.05) is 0 Å². The summed E-state index contributed by atoms with van der Waals surface area (Å²) >= 11 is 0. The SMILES string of the molecule is C=CCn1c(C)c(C)c2cnnc(OCc3ccc(F)cc3)c21. The minimum Gasteiger partial charge on any atom is -0.470 e. The second-order valence-corrected chi connectivity index (χ2v) is 5.44. The van der Waals surface area contributed by atoms with Crippen molar-refractivity contribution >= 4 is 10.9 Å². The van der Waals surface area contributed by atoms with Crippen molar-refractivity contribution in [3.05, 3.63) is 65.8 Å². The van der Waals surface area contributed by atoms with Crippen LogP contribution in [0.4, 0.5) is 4.39 Å². The highest BCUT2D eigenvalue weighted by Crippen LogP contribution is 2.30. The molecule has 2 aromatic heterocycles. The van der Waals surface area contributed by atoms with Crippen LogP contribution >= 0.6 is 0 Å². The van der Waals surface area contributed by atoms with Crippen LogP contribution in [0.3, 0.4) is 0 Å². The predicted octanol–water partition coefficient (Wildman–Crippen LogP) is 3.95. The number of halogens is 1. The summed E-state index contributed by atoms with van der Waals surface area (Å²) in [6, 6.07) is 6.23. The Labute approximate surface area is 134 Å². The number of hydrogen-bond donors (Lipinski definition) is 0. The lowest BCUT2D eigenvalue weighted by Gasteiger charge is -2.09. The average molecular weight is 311 g/mol. The number of ether oxygens (including phenoxy) is 1. The number of nitrogens with zero attached hydrogens (tertiary/aromatic N) is 3. The smallest absolute Gasteiger partial charge is 0.258 e. The van der Waals surface area contributed by atoms with E-state index in [1.165, 1.54) is 12.1 Å². The fourth-order valence-corrected chi connectivity index (χ4v) is 2.65. The number of aryl methyl sites for hydroxylation is 1. The van der Waals surface area contributed by atoms with E-state index >= 15 is 0 Å². The summed E-state index contributed by atoms with van der Waals surface area (Å²) in [7, 11) is 0. The second kappa shape index (κ2) is 6.20. The van der Waals surface area contributed by atoms with E-state index in [-0.39, 0.29) is 5.82 Å². The van der Waals surface area contributed by atoms with Gasteiger partial charge in [-0.3, -0.25) is 0 Å². The number of benzene rings is 1. The first kappa shape index (κ1) is 15.2. The molecule has 0 spiro atoms. The average Bonchev–Trinajstić information content (AvgIpc) is 2.80. The van der Waals surface area contributed by atoms with Gasteiger partial charge < -0.3 is 9.30 Å². The molecule has 3 aromatic rings. The molecule has 0 unspecified atom stereocenters. The molecule has 23 heavy (non-hydrogen) atoms. The van der Waals surface area contributed by atoms with Crippen molar-refractivity contribution in [2.45, 2.75) is 27.0 Å². The normalized spacial score (nSPS) is 10.9. The third kappa shape index (κ3) is 2.82. The van der Waals surface area contributed by atoms with E-state index < -0.39 is 0 Å². The Bertz CT molecular complexity index is 853. The number of fused-ring (bicyclic) bond motifs is 1. The number of aromatic nitrogens is 3. The van der Waals surface area contributed by atoms with Crippen molar-refractivity contribution in [1.82, 2.24) is 14.8 Å². The third-order valence-electron chi connectivity index (χ3n) is 4.02. The highest BCUT2D eigenvalue weighted by molar-refractivity contribution is 5.88. The molecule has 0 atom stereocenters. The molecule has 0 saturated heterocycles. The Morgan fingerprint density at radius 1 is 1.26 bits per heavy atom. The minimum atomic E-state index is -0.262. The summed E-state index contributed by atoms with van der Waals surface area (Å²) < 4.78 is 20.9. The monoisotopic (exact) mass is 311 g/mol. The molecule has 0 aliphatic heterocycles. The van der Waals surface area contributed by atoms with Gasteiger partial charge in [0.1, 0.15) is 17.9 Å². The van der Waals surface area contributed by atoms with Crippen molar-refractivity contribution in [3.8, 4) is 5.88 Å². The van der Waals surface area contributed by atoms with Crippen LogP contribution in [-0.2, 0) is 13.2 Å². The van der Waals surface area contributed by atoms with Gasteiger partial charge in [-0.15, -0.1) is 11.7 Å². The maximum Gasteiger partial charge on any atom is 0.258 e. The number of rotatable bonds is 5. The van der Waals surface area contributed by atoms with Gasteiger partial charge >= 0.3 is 0 Å². The zero-order chi connectivity index (χ0) is 16.4. The quantitative estimate of drug-likeness (QED) is 0.670. The molecule has 0 amide bonds. The maximum absolute atomic E-state index is 13.0. The van der Waals surface area contributed by atoms with Crippen molar-refractivity contribution in [2.24, 2.45) is 0 Å². The van der Waals surface area contributed by atoms with Gasteiger partial charge in [-0.2, -0.15) is 5.10 Å². The summed E-state index contributed by atoms with van der Waals surface area (Å²) in [4.78, 5) is 0. The Morgan fingerprint density at radius 2 is 2.00 bits per heavy atom. The first-order valence-corrected chi connectivity index (χ1v) is 7.41. The van der Waals surface area contributed by atoms with Crippen molar-refractivity contribution in [1.29, 1.82) is 0 Å². The largest absolute Gasteiger partial charge is 0.470 e. The molecule has 2 heterocycles. The first-order valence-electron chi connectivity index (χ1n) is 7.41. The molecule has 0 fully saturated rings. The molecule has 5 heteroatoms. The lowest BCUT2D eigenvalue weighted by molar-refractivity contribution is 0.293. The predicted molar refractivity (Wildman–Crippen MR) is 87.9 cm³/mol. The lowest BCUT2D eigenvalue weighted by atomic mass is 10.2. The molecule has 0 saturated carbocycles. The minimum absolute atomic E-state index is 0.262.